The second-order valence-electron chi connectivity index (χ2n) is 7.55. The number of rotatable bonds is 4. The van der Waals surface area contributed by atoms with Crippen molar-refractivity contribution >= 4 is 28.9 Å². The van der Waals surface area contributed by atoms with Gasteiger partial charge < -0.3 is 10.1 Å². The number of non-ortho nitro benzene ring substituents is 1. The molecule has 0 aromatic heterocycles. The van der Waals surface area contributed by atoms with Crippen LogP contribution >= 0.6 is 0 Å². The second-order valence-corrected chi connectivity index (χ2v) is 7.55. The quantitative estimate of drug-likeness (QED) is 0.645. The van der Waals surface area contributed by atoms with Gasteiger partial charge in [-0.3, -0.25) is 24.6 Å². The topological polar surface area (TPSA) is 102 Å². The normalized spacial score (nSPS) is 13.5. The van der Waals surface area contributed by atoms with Crippen LogP contribution in [0.1, 0.15) is 26.3 Å². The summed E-state index contributed by atoms with van der Waals surface area (Å²) in [5.74, 6) is -0.519. The van der Waals surface area contributed by atoms with Crippen molar-refractivity contribution in [2.45, 2.75) is 26.2 Å². The van der Waals surface area contributed by atoms with Gasteiger partial charge in [0.05, 0.1) is 10.6 Å². The lowest BCUT2D eigenvalue weighted by atomic mass is 9.87. The van der Waals surface area contributed by atoms with Crippen molar-refractivity contribution in [3.63, 3.8) is 0 Å². The maximum atomic E-state index is 12.5. The third-order valence-electron chi connectivity index (χ3n) is 4.43. The molecule has 0 spiro atoms. The van der Waals surface area contributed by atoms with Crippen molar-refractivity contribution in [2.24, 2.45) is 0 Å². The molecule has 0 bridgehead atoms. The zero-order valence-electron chi connectivity index (χ0n) is 15.9. The molecule has 1 aliphatic rings. The number of carbonyl (C=O) groups is 2. The minimum atomic E-state index is -0.561. The van der Waals surface area contributed by atoms with E-state index in [9.17, 15) is 19.7 Å². The van der Waals surface area contributed by atoms with Crippen LogP contribution in [0.4, 0.5) is 17.1 Å². The van der Waals surface area contributed by atoms with Crippen LogP contribution < -0.4 is 15.0 Å². The van der Waals surface area contributed by atoms with Crippen LogP contribution in [0.15, 0.2) is 42.5 Å². The largest absolute Gasteiger partial charge is 0.482 e. The Labute approximate surface area is 162 Å². The molecule has 2 amide bonds. The number of amides is 2. The molecule has 0 saturated heterocycles. The Morgan fingerprint density at radius 1 is 1.21 bits per heavy atom. The van der Waals surface area contributed by atoms with E-state index in [4.69, 9.17) is 4.74 Å². The molecular weight excluding hydrogens is 362 g/mol. The van der Waals surface area contributed by atoms with Crippen molar-refractivity contribution in [1.29, 1.82) is 0 Å². The van der Waals surface area contributed by atoms with Gasteiger partial charge in [-0.2, -0.15) is 0 Å². The Bertz CT molecular complexity index is 932. The van der Waals surface area contributed by atoms with Gasteiger partial charge in [0.2, 0.25) is 5.91 Å². The monoisotopic (exact) mass is 383 g/mol. The molecule has 3 rings (SSSR count). The molecule has 28 heavy (non-hydrogen) atoms. The van der Waals surface area contributed by atoms with E-state index >= 15 is 0 Å². The molecule has 0 aliphatic carbocycles. The Balaban J connectivity index is 1.76. The summed E-state index contributed by atoms with van der Waals surface area (Å²) in [4.78, 5) is 36.3. The number of nitrogens with zero attached hydrogens (tertiary/aromatic N) is 2. The number of benzene rings is 2. The lowest BCUT2D eigenvalue weighted by molar-refractivity contribution is -0.384. The lowest BCUT2D eigenvalue weighted by Gasteiger charge is -2.28. The number of carbonyl (C=O) groups excluding carboxylic acids is 2. The molecule has 1 N–H and O–H groups in total. The summed E-state index contributed by atoms with van der Waals surface area (Å²) < 4.78 is 5.30. The SMILES string of the molecule is CC(C)(C)c1ccc(NC(=O)CN2C(=O)COc3ccc([N+](=O)[O-])cc32)cc1. The average molecular weight is 383 g/mol. The molecule has 1 heterocycles. The molecular formula is C20H21N3O5. The summed E-state index contributed by atoms with van der Waals surface area (Å²) in [5.41, 5.74) is 1.78. The maximum Gasteiger partial charge on any atom is 0.271 e. The van der Waals surface area contributed by atoms with Gasteiger partial charge in [0.25, 0.3) is 11.6 Å². The third kappa shape index (κ3) is 4.11. The van der Waals surface area contributed by atoms with Gasteiger partial charge in [-0.25, -0.2) is 0 Å². The van der Waals surface area contributed by atoms with E-state index in [2.05, 4.69) is 26.1 Å². The molecule has 8 heteroatoms. The first-order valence-electron chi connectivity index (χ1n) is 8.77. The Morgan fingerprint density at radius 2 is 1.89 bits per heavy atom. The number of nitro benzene ring substituents is 1. The standard InChI is InChI=1S/C20H21N3O5/c1-20(2,3)13-4-6-14(7-5-13)21-18(24)11-22-16-10-15(23(26)27)8-9-17(16)28-12-19(22)25/h4-10H,11-12H2,1-3H3,(H,21,24). The fraction of sp³-hybridized carbons (Fsp3) is 0.300. The molecule has 0 radical (unpaired) electrons. The highest BCUT2D eigenvalue weighted by Crippen LogP contribution is 2.35. The van der Waals surface area contributed by atoms with E-state index in [0.29, 0.717) is 11.4 Å². The van der Waals surface area contributed by atoms with Crippen molar-refractivity contribution in [3.05, 3.63) is 58.1 Å². The van der Waals surface area contributed by atoms with E-state index in [1.165, 1.54) is 23.1 Å². The molecule has 2 aromatic carbocycles. The van der Waals surface area contributed by atoms with Gasteiger partial charge in [0, 0.05) is 17.8 Å². The molecule has 1 aliphatic heterocycles. The van der Waals surface area contributed by atoms with E-state index in [0.717, 1.165) is 5.56 Å². The number of nitro groups is 1. The number of hydrogen-bond donors (Lipinski definition) is 1. The zero-order valence-corrected chi connectivity index (χ0v) is 15.9. The zero-order chi connectivity index (χ0) is 20.5. The van der Waals surface area contributed by atoms with E-state index in [-0.39, 0.29) is 29.9 Å². The number of nitrogens with one attached hydrogen (secondary N) is 1. The van der Waals surface area contributed by atoms with Gasteiger partial charge in [0.15, 0.2) is 6.61 Å². The van der Waals surface area contributed by atoms with Crippen LogP contribution in [0.5, 0.6) is 5.75 Å². The summed E-state index contributed by atoms with van der Waals surface area (Å²) in [6, 6.07) is 11.4. The maximum absolute atomic E-state index is 12.5. The van der Waals surface area contributed by atoms with Gasteiger partial charge in [-0.15, -0.1) is 0 Å². The Hall–Kier alpha value is -3.42. The van der Waals surface area contributed by atoms with E-state index < -0.39 is 16.7 Å². The van der Waals surface area contributed by atoms with Crippen molar-refractivity contribution in [2.75, 3.05) is 23.4 Å². The first-order valence-corrected chi connectivity index (χ1v) is 8.77. The Morgan fingerprint density at radius 3 is 2.50 bits per heavy atom. The molecule has 0 saturated carbocycles. The fourth-order valence-electron chi connectivity index (χ4n) is 2.88. The molecule has 146 valence electrons. The molecule has 8 nitrogen and oxygen atoms in total. The van der Waals surface area contributed by atoms with Crippen LogP contribution in [0.3, 0.4) is 0 Å². The predicted octanol–water partition coefficient (Wildman–Crippen LogP) is 3.26. The summed E-state index contributed by atoms with van der Waals surface area (Å²) in [6.07, 6.45) is 0. The minimum Gasteiger partial charge on any atom is -0.482 e. The van der Waals surface area contributed by atoms with Crippen LogP contribution in [0.2, 0.25) is 0 Å². The smallest absolute Gasteiger partial charge is 0.271 e. The van der Waals surface area contributed by atoms with Crippen LogP contribution in [0.25, 0.3) is 0 Å². The van der Waals surface area contributed by atoms with Crippen LogP contribution in [-0.2, 0) is 15.0 Å². The van der Waals surface area contributed by atoms with Gasteiger partial charge in [-0.1, -0.05) is 32.9 Å². The van der Waals surface area contributed by atoms with Crippen molar-refractivity contribution in [3.8, 4) is 5.75 Å². The van der Waals surface area contributed by atoms with Crippen LogP contribution in [0, 0.1) is 10.1 Å². The third-order valence-corrected chi connectivity index (χ3v) is 4.43. The van der Waals surface area contributed by atoms with Crippen molar-refractivity contribution < 1.29 is 19.2 Å². The summed E-state index contributed by atoms with van der Waals surface area (Å²) >= 11 is 0. The minimum absolute atomic E-state index is 0.00118. The summed E-state index contributed by atoms with van der Waals surface area (Å²) in [6.45, 7) is 5.81. The highest BCUT2D eigenvalue weighted by molar-refractivity contribution is 6.05. The molecule has 0 fully saturated rings. The number of ether oxygens (including phenoxy) is 1. The molecule has 0 atom stereocenters. The second kappa shape index (κ2) is 7.30. The van der Waals surface area contributed by atoms with Crippen LogP contribution in [-0.4, -0.2) is 29.9 Å². The lowest BCUT2D eigenvalue weighted by Crippen LogP contribution is -2.43. The molecule has 0 unspecified atom stereocenters. The first-order chi connectivity index (χ1) is 13.1. The highest BCUT2D eigenvalue weighted by atomic mass is 16.6. The Kier molecular flexibility index (Phi) is 5.04. The molecule has 2 aromatic rings. The first kappa shape index (κ1) is 19.3. The van der Waals surface area contributed by atoms with E-state index in [1.807, 2.05) is 12.1 Å². The van der Waals surface area contributed by atoms with Crippen molar-refractivity contribution in [1.82, 2.24) is 0 Å². The number of hydrogen-bond acceptors (Lipinski definition) is 5. The highest BCUT2D eigenvalue weighted by Gasteiger charge is 2.29. The summed E-state index contributed by atoms with van der Waals surface area (Å²) in [7, 11) is 0. The predicted molar refractivity (Wildman–Crippen MR) is 105 cm³/mol. The fourth-order valence-corrected chi connectivity index (χ4v) is 2.88. The number of anilines is 2. The number of fused-ring (bicyclic) bond motifs is 1. The summed E-state index contributed by atoms with van der Waals surface area (Å²) in [5, 5.41) is 13.8. The van der Waals surface area contributed by atoms with Gasteiger partial charge >= 0.3 is 0 Å². The van der Waals surface area contributed by atoms with Gasteiger partial charge in [0.1, 0.15) is 12.3 Å². The van der Waals surface area contributed by atoms with Gasteiger partial charge in [-0.05, 0) is 29.2 Å². The van der Waals surface area contributed by atoms with E-state index in [1.54, 1.807) is 12.1 Å². The average Bonchev–Trinajstić information content (AvgIpc) is 2.63.